The Morgan fingerprint density at radius 1 is 1.20 bits per heavy atom. The first-order valence-electron chi connectivity index (χ1n) is 10.1. The molecule has 0 aliphatic carbocycles. The van der Waals surface area contributed by atoms with Gasteiger partial charge in [-0.25, -0.2) is 9.18 Å². The SMILES string of the molecule is CC(=O)NCCN(C(=O)NC(c1ccc(F)cc1)c1cccnc1)C1CCSCC1. The van der Waals surface area contributed by atoms with Gasteiger partial charge in [0.05, 0.1) is 6.04 Å². The van der Waals surface area contributed by atoms with Gasteiger partial charge in [-0.1, -0.05) is 18.2 Å². The van der Waals surface area contributed by atoms with Gasteiger partial charge in [-0.3, -0.25) is 9.78 Å². The molecule has 6 nitrogen and oxygen atoms in total. The molecule has 2 aromatic rings. The second kappa shape index (κ2) is 11.0. The number of nitrogens with one attached hydrogen (secondary N) is 2. The van der Waals surface area contributed by atoms with Crippen molar-refractivity contribution in [2.45, 2.75) is 31.8 Å². The quantitative estimate of drug-likeness (QED) is 0.707. The molecule has 1 unspecified atom stereocenters. The van der Waals surface area contributed by atoms with Gasteiger partial charge in [-0.2, -0.15) is 11.8 Å². The van der Waals surface area contributed by atoms with E-state index in [4.69, 9.17) is 0 Å². The van der Waals surface area contributed by atoms with Crippen LogP contribution in [0.3, 0.4) is 0 Å². The van der Waals surface area contributed by atoms with Crippen LogP contribution in [0.25, 0.3) is 0 Å². The number of rotatable bonds is 7. The second-order valence-electron chi connectivity index (χ2n) is 7.24. The number of thioether (sulfide) groups is 1. The minimum absolute atomic E-state index is 0.117. The van der Waals surface area contributed by atoms with Gasteiger partial charge in [0.1, 0.15) is 5.82 Å². The Bertz CT molecular complexity index is 829. The van der Waals surface area contributed by atoms with E-state index in [-0.39, 0.29) is 23.8 Å². The molecule has 160 valence electrons. The molecule has 1 aliphatic rings. The zero-order valence-electron chi connectivity index (χ0n) is 17.0. The summed E-state index contributed by atoms with van der Waals surface area (Å²) in [6, 6.07) is 9.30. The van der Waals surface area contributed by atoms with Crippen LogP contribution in [0.2, 0.25) is 0 Å². The predicted octanol–water partition coefficient (Wildman–Crippen LogP) is 3.35. The predicted molar refractivity (Wildman–Crippen MR) is 117 cm³/mol. The van der Waals surface area contributed by atoms with Gasteiger partial charge < -0.3 is 15.5 Å². The highest BCUT2D eigenvalue weighted by Gasteiger charge is 2.28. The van der Waals surface area contributed by atoms with E-state index in [2.05, 4.69) is 15.6 Å². The maximum Gasteiger partial charge on any atom is 0.318 e. The van der Waals surface area contributed by atoms with Crippen LogP contribution in [-0.2, 0) is 4.79 Å². The summed E-state index contributed by atoms with van der Waals surface area (Å²) in [4.78, 5) is 30.6. The molecule has 30 heavy (non-hydrogen) atoms. The lowest BCUT2D eigenvalue weighted by molar-refractivity contribution is -0.119. The zero-order chi connectivity index (χ0) is 21.3. The number of hydrogen-bond donors (Lipinski definition) is 2. The van der Waals surface area contributed by atoms with E-state index in [9.17, 15) is 14.0 Å². The molecule has 2 heterocycles. The maximum atomic E-state index is 13.4. The lowest BCUT2D eigenvalue weighted by atomic mass is 10.00. The summed E-state index contributed by atoms with van der Waals surface area (Å²) in [6.07, 6.45) is 5.22. The zero-order valence-corrected chi connectivity index (χ0v) is 17.8. The van der Waals surface area contributed by atoms with Gasteiger partial charge in [0.2, 0.25) is 5.91 Å². The van der Waals surface area contributed by atoms with Crippen LogP contribution >= 0.6 is 11.8 Å². The molecular weight excluding hydrogens is 403 g/mol. The highest BCUT2D eigenvalue weighted by atomic mass is 32.2. The minimum atomic E-state index is -0.451. The van der Waals surface area contributed by atoms with Gasteiger partial charge in [0.15, 0.2) is 0 Å². The fraction of sp³-hybridized carbons (Fsp3) is 0.409. The fourth-order valence-corrected chi connectivity index (χ4v) is 4.65. The van der Waals surface area contributed by atoms with Crippen molar-refractivity contribution in [2.24, 2.45) is 0 Å². The van der Waals surface area contributed by atoms with E-state index in [1.165, 1.54) is 19.1 Å². The first kappa shape index (κ1) is 22.1. The number of carbonyl (C=O) groups is 2. The number of amides is 3. The summed E-state index contributed by atoms with van der Waals surface area (Å²) in [5.41, 5.74) is 1.59. The molecule has 1 saturated heterocycles. The molecule has 2 N–H and O–H groups in total. The van der Waals surface area contributed by atoms with Gasteiger partial charge in [-0.15, -0.1) is 0 Å². The van der Waals surface area contributed by atoms with Crippen LogP contribution in [0.5, 0.6) is 0 Å². The largest absolute Gasteiger partial charge is 0.355 e. The Hall–Kier alpha value is -2.61. The molecule has 3 amide bonds. The first-order valence-corrected chi connectivity index (χ1v) is 11.2. The number of nitrogens with zero attached hydrogens (tertiary/aromatic N) is 2. The standard InChI is InChI=1S/C22H27FN4O2S/c1-16(28)25-11-12-27(20-8-13-30-14-9-20)22(29)26-21(18-3-2-10-24-15-18)17-4-6-19(23)7-5-17/h2-7,10,15,20-21H,8-9,11-14H2,1H3,(H,25,28)(H,26,29). The van der Waals surface area contributed by atoms with Crippen molar-refractivity contribution >= 4 is 23.7 Å². The number of carbonyl (C=O) groups excluding carboxylic acids is 2. The molecule has 3 rings (SSSR count). The first-order chi connectivity index (χ1) is 14.5. The normalized spacial score (nSPS) is 15.3. The van der Waals surface area contributed by atoms with E-state index < -0.39 is 6.04 Å². The Balaban J connectivity index is 1.81. The third-order valence-electron chi connectivity index (χ3n) is 5.11. The Morgan fingerprint density at radius 2 is 1.93 bits per heavy atom. The van der Waals surface area contributed by atoms with Gasteiger partial charge >= 0.3 is 6.03 Å². The number of halogens is 1. The maximum absolute atomic E-state index is 13.4. The summed E-state index contributed by atoms with van der Waals surface area (Å²) in [5, 5.41) is 5.89. The van der Waals surface area contributed by atoms with Crippen LogP contribution in [-0.4, -0.2) is 52.5 Å². The van der Waals surface area contributed by atoms with Crippen LogP contribution in [0.4, 0.5) is 9.18 Å². The van der Waals surface area contributed by atoms with E-state index in [0.717, 1.165) is 35.5 Å². The Morgan fingerprint density at radius 3 is 2.57 bits per heavy atom. The van der Waals surface area contributed by atoms with Crippen LogP contribution in [0.1, 0.15) is 36.9 Å². The number of pyridine rings is 1. The monoisotopic (exact) mass is 430 g/mol. The van der Waals surface area contributed by atoms with Crippen LogP contribution < -0.4 is 10.6 Å². The van der Waals surface area contributed by atoms with Crippen molar-refractivity contribution in [1.29, 1.82) is 0 Å². The summed E-state index contributed by atoms with van der Waals surface area (Å²) in [6.45, 7) is 2.30. The second-order valence-corrected chi connectivity index (χ2v) is 8.47. The average molecular weight is 431 g/mol. The lowest BCUT2D eigenvalue weighted by Crippen LogP contribution is -2.51. The molecule has 1 atom stereocenters. The van der Waals surface area contributed by atoms with Gasteiger partial charge in [0.25, 0.3) is 0 Å². The third-order valence-corrected chi connectivity index (χ3v) is 6.16. The topological polar surface area (TPSA) is 74.3 Å². The molecular formula is C22H27FN4O2S. The fourth-order valence-electron chi connectivity index (χ4n) is 3.57. The molecule has 8 heteroatoms. The summed E-state index contributed by atoms with van der Waals surface area (Å²) in [7, 11) is 0. The van der Waals surface area contributed by atoms with Crippen LogP contribution in [0.15, 0.2) is 48.8 Å². The average Bonchev–Trinajstić information content (AvgIpc) is 2.77. The summed E-state index contributed by atoms with van der Waals surface area (Å²) >= 11 is 1.89. The van der Waals surface area contributed by atoms with E-state index in [0.29, 0.717) is 13.1 Å². The Labute approximate surface area is 180 Å². The minimum Gasteiger partial charge on any atom is -0.355 e. The van der Waals surface area contributed by atoms with Crippen molar-refractivity contribution in [3.05, 3.63) is 65.7 Å². The molecule has 0 radical (unpaired) electrons. The molecule has 1 aromatic carbocycles. The third kappa shape index (κ3) is 6.19. The smallest absolute Gasteiger partial charge is 0.318 e. The number of urea groups is 1. The van der Waals surface area contributed by atoms with Crippen molar-refractivity contribution in [1.82, 2.24) is 20.5 Å². The molecule has 1 aromatic heterocycles. The van der Waals surface area contributed by atoms with Crippen LogP contribution in [0, 0.1) is 5.82 Å². The van der Waals surface area contributed by atoms with Gasteiger partial charge in [-0.05, 0) is 53.7 Å². The van der Waals surface area contributed by atoms with E-state index >= 15 is 0 Å². The molecule has 0 bridgehead atoms. The lowest BCUT2D eigenvalue weighted by Gasteiger charge is -2.35. The molecule has 1 aliphatic heterocycles. The van der Waals surface area contributed by atoms with E-state index in [1.54, 1.807) is 24.5 Å². The molecule has 1 fully saturated rings. The van der Waals surface area contributed by atoms with Crippen molar-refractivity contribution < 1.29 is 14.0 Å². The highest BCUT2D eigenvalue weighted by Crippen LogP contribution is 2.25. The number of aromatic nitrogens is 1. The molecule has 0 saturated carbocycles. The highest BCUT2D eigenvalue weighted by molar-refractivity contribution is 7.99. The van der Waals surface area contributed by atoms with E-state index in [1.807, 2.05) is 28.8 Å². The molecule has 0 spiro atoms. The van der Waals surface area contributed by atoms with Gasteiger partial charge in [0, 0.05) is 38.4 Å². The number of hydrogen-bond acceptors (Lipinski definition) is 4. The summed E-state index contributed by atoms with van der Waals surface area (Å²) < 4.78 is 13.4. The summed E-state index contributed by atoms with van der Waals surface area (Å²) in [5.74, 6) is 1.58. The number of benzene rings is 1. The van der Waals surface area contributed by atoms with Crippen molar-refractivity contribution in [3.8, 4) is 0 Å². The van der Waals surface area contributed by atoms with Crippen molar-refractivity contribution in [3.63, 3.8) is 0 Å². The van der Waals surface area contributed by atoms with Crippen molar-refractivity contribution in [2.75, 3.05) is 24.6 Å². The Kier molecular flexibility index (Phi) is 8.07.